The fraction of sp³-hybridized carbons (Fsp3) is 0.235. The van der Waals surface area contributed by atoms with Gasteiger partial charge in [0.25, 0.3) is 0 Å². The second kappa shape index (κ2) is 6.90. The zero-order valence-electron chi connectivity index (χ0n) is 11.9. The SMILES string of the molecule is CC(Cc1ccc(O)cc1)NC(C(=O)O)c1ccccc1. The Kier molecular flexibility index (Phi) is 4.95. The molecule has 2 atom stereocenters. The van der Waals surface area contributed by atoms with Crippen LogP contribution >= 0.6 is 0 Å². The van der Waals surface area contributed by atoms with Crippen molar-refractivity contribution in [2.45, 2.75) is 25.4 Å². The lowest BCUT2D eigenvalue weighted by Gasteiger charge is -2.20. The van der Waals surface area contributed by atoms with Gasteiger partial charge in [0.05, 0.1) is 0 Å². The van der Waals surface area contributed by atoms with Crippen LogP contribution in [0.5, 0.6) is 5.75 Å². The highest BCUT2D eigenvalue weighted by molar-refractivity contribution is 5.75. The van der Waals surface area contributed by atoms with Gasteiger partial charge in [-0.05, 0) is 36.6 Å². The van der Waals surface area contributed by atoms with Crippen molar-refractivity contribution in [3.8, 4) is 5.75 Å². The van der Waals surface area contributed by atoms with Crippen molar-refractivity contribution < 1.29 is 15.0 Å². The van der Waals surface area contributed by atoms with Crippen LogP contribution in [-0.4, -0.2) is 22.2 Å². The Labute approximate surface area is 124 Å². The van der Waals surface area contributed by atoms with E-state index in [-0.39, 0.29) is 11.8 Å². The average molecular weight is 285 g/mol. The molecule has 0 bridgehead atoms. The van der Waals surface area contributed by atoms with Crippen molar-refractivity contribution in [3.63, 3.8) is 0 Å². The first-order valence-electron chi connectivity index (χ1n) is 6.88. The van der Waals surface area contributed by atoms with Crippen LogP contribution < -0.4 is 5.32 Å². The number of carboxylic acids is 1. The lowest BCUT2D eigenvalue weighted by molar-refractivity contribution is -0.139. The first kappa shape index (κ1) is 15.1. The summed E-state index contributed by atoms with van der Waals surface area (Å²) < 4.78 is 0. The number of benzene rings is 2. The Hall–Kier alpha value is -2.33. The lowest BCUT2D eigenvalue weighted by Crippen LogP contribution is -2.36. The predicted octanol–water partition coefficient (Wildman–Crippen LogP) is 2.74. The maximum Gasteiger partial charge on any atom is 0.325 e. The van der Waals surface area contributed by atoms with E-state index in [0.29, 0.717) is 6.42 Å². The van der Waals surface area contributed by atoms with Gasteiger partial charge in [0.2, 0.25) is 0 Å². The van der Waals surface area contributed by atoms with Gasteiger partial charge >= 0.3 is 5.97 Å². The van der Waals surface area contributed by atoms with Gasteiger partial charge in [0.15, 0.2) is 0 Å². The van der Waals surface area contributed by atoms with E-state index in [1.807, 2.05) is 37.3 Å². The molecular formula is C17H19NO3. The number of phenols is 1. The summed E-state index contributed by atoms with van der Waals surface area (Å²) in [5.74, 6) is -0.661. The van der Waals surface area contributed by atoms with Gasteiger partial charge in [-0.3, -0.25) is 10.1 Å². The number of hydrogen-bond donors (Lipinski definition) is 3. The molecule has 2 aromatic rings. The molecule has 2 unspecified atom stereocenters. The fourth-order valence-electron chi connectivity index (χ4n) is 2.28. The molecule has 110 valence electrons. The predicted molar refractivity (Wildman–Crippen MR) is 81.2 cm³/mol. The largest absolute Gasteiger partial charge is 0.508 e. The van der Waals surface area contributed by atoms with Crippen molar-refractivity contribution in [1.82, 2.24) is 5.32 Å². The Balaban J connectivity index is 2.03. The van der Waals surface area contributed by atoms with E-state index in [1.54, 1.807) is 24.3 Å². The third-order valence-corrected chi connectivity index (χ3v) is 3.31. The lowest BCUT2D eigenvalue weighted by atomic mass is 10.0. The highest BCUT2D eigenvalue weighted by Crippen LogP contribution is 2.16. The number of phenolic OH excluding ortho intramolecular Hbond substituents is 1. The summed E-state index contributed by atoms with van der Waals surface area (Å²) >= 11 is 0. The number of rotatable bonds is 6. The van der Waals surface area contributed by atoms with Gasteiger partial charge in [-0.15, -0.1) is 0 Å². The molecule has 2 aromatic carbocycles. The van der Waals surface area contributed by atoms with Crippen LogP contribution in [0.15, 0.2) is 54.6 Å². The third kappa shape index (κ3) is 4.33. The highest BCUT2D eigenvalue weighted by atomic mass is 16.4. The number of nitrogens with one attached hydrogen (secondary N) is 1. The maximum absolute atomic E-state index is 11.4. The molecule has 21 heavy (non-hydrogen) atoms. The summed E-state index contributed by atoms with van der Waals surface area (Å²) in [7, 11) is 0. The molecule has 0 fully saturated rings. The maximum atomic E-state index is 11.4. The molecule has 0 aromatic heterocycles. The van der Waals surface area contributed by atoms with Gasteiger partial charge in [0.1, 0.15) is 11.8 Å². The molecular weight excluding hydrogens is 266 g/mol. The summed E-state index contributed by atoms with van der Waals surface area (Å²) in [5.41, 5.74) is 1.78. The minimum atomic E-state index is -0.890. The number of carbonyl (C=O) groups is 1. The minimum absolute atomic E-state index is 0.00384. The molecule has 0 radical (unpaired) electrons. The molecule has 2 rings (SSSR count). The van der Waals surface area contributed by atoms with Crippen LogP contribution in [0.25, 0.3) is 0 Å². The third-order valence-electron chi connectivity index (χ3n) is 3.31. The topological polar surface area (TPSA) is 69.6 Å². The van der Waals surface area contributed by atoms with Gasteiger partial charge in [-0.25, -0.2) is 0 Å². The molecule has 0 heterocycles. The van der Waals surface area contributed by atoms with E-state index >= 15 is 0 Å². The van der Waals surface area contributed by atoms with Gasteiger partial charge < -0.3 is 10.2 Å². The summed E-state index contributed by atoms with van der Waals surface area (Å²) in [6.45, 7) is 1.95. The van der Waals surface area contributed by atoms with E-state index < -0.39 is 12.0 Å². The second-order valence-electron chi connectivity index (χ2n) is 5.12. The number of carboxylic acid groups (broad SMARTS) is 1. The number of aromatic hydroxyl groups is 1. The van der Waals surface area contributed by atoms with E-state index in [1.165, 1.54) is 0 Å². The molecule has 3 N–H and O–H groups in total. The minimum Gasteiger partial charge on any atom is -0.508 e. The second-order valence-corrected chi connectivity index (χ2v) is 5.12. The molecule has 4 heteroatoms. The summed E-state index contributed by atoms with van der Waals surface area (Å²) in [6, 6.07) is 15.4. The Morgan fingerprint density at radius 2 is 1.71 bits per heavy atom. The van der Waals surface area contributed by atoms with Crippen LogP contribution in [-0.2, 0) is 11.2 Å². The monoisotopic (exact) mass is 285 g/mol. The van der Waals surface area contributed by atoms with Crippen molar-refractivity contribution in [2.75, 3.05) is 0 Å². The van der Waals surface area contributed by atoms with Crippen molar-refractivity contribution in [1.29, 1.82) is 0 Å². The van der Waals surface area contributed by atoms with E-state index in [0.717, 1.165) is 11.1 Å². The fourth-order valence-corrected chi connectivity index (χ4v) is 2.28. The average Bonchev–Trinajstić information content (AvgIpc) is 2.48. The summed E-state index contributed by atoms with van der Waals surface area (Å²) in [5, 5.41) is 21.8. The van der Waals surface area contributed by atoms with Gasteiger partial charge in [0, 0.05) is 6.04 Å². The van der Waals surface area contributed by atoms with Crippen molar-refractivity contribution in [2.24, 2.45) is 0 Å². The van der Waals surface area contributed by atoms with Crippen molar-refractivity contribution >= 4 is 5.97 Å². The van der Waals surface area contributed by atoms with E-state index in [4.69, 9.17) is 0 Å². The molecule has 0 saturated heterocycles. The Morgan fingerprint density at radius 1 is 1.10 bits per heavy atom. The zero-order chi connectivity index (χ0) is 15.2. The molecule has 4 nitrogen and oxygen atoms in total. The van der Waals surface area contributed by atoms with Gasteiger partial charge in [-0.2, -0.15) is 0 Å². The smallest absolute Gasteiger partial charge is 0.325 e. The quantitative estimate of drug-likeness (QED) is 0.763. The van der Waals surface area contributed by atoms with Crippen LogP contribution in [0, 0.1) is 0 Å². The first-order valence-corrected chi connectivity index (χ1v) is 6.88. The van der Waals surface area contributed by atoms with Gasteiger partial charge in [-0.1, -0.05) is 42.5 Å². The molecule has 0 amide bonds. The molecule has 0 saturated carbocycles. The summed E-state index contributed by atoms with van der Waals surface area (Å²) in [4.78, 5) is 11.4. The molecule has 0 spiro atoms. The molecule has 0 aliphatic rings. The van der Waals surface area contributed by atoms with Crippen LogP contribution in [0.3, 0.4) is 0 Å². The zero-order valence-corrected chi connectivity index (χ0v) is 11.9. The highest BCUT2D eigenvalue weighted by Gasteiger charge is 2.21. The van der Waals surface area contributed by atoms with E-state index in [9.17, 15) is 15.0 Å². The van der Waals surface area contributed by atoms with Crippen LogP contribution in [0.4, 0.5) is 0 Å². The summed E-state index contributed by atoms with van der Waals surface area (Å²) in [6.07, 6.45) is 0.691. The molecule has 0 aliphatic carbocycles. The van der Waals surface area contributed by atoms with Crippen LogP contribution in [0.1, 0.15) is 24.1 Å². The Bertz CT molecular complexity index is 581. The number of aliphatic carboxylic acids is 1. The first-order chi connectivity index (χ1) is 10.1. The molecule has 0 aliphatic heterocycles. The standard InChI is InChI=1S/C17H19NO3/c1-12(11-13-7-9-15(19)10-8-13)18-16(17(20)21)14-5-3-2-4-6-14/h2-10,12,16,18-19H,11H2,1H3,(H,20,21). The van der Waals surface area contributed by atoms with E-state index in [2.05, 4.69) is 5.32 Å². The van der Waals surface area contributed by atoms with Crippen LogP contribution in [0.2, 0.25) is 0 Å². The number of hydrogen-bond acceptors (Lipinski definition) is 3. The Morgan fingerprint density at radius 3 is 2.29 bits per heavy atom. The normalized spacial score (nSPS) is 13.6. The van der Waals surface area contributed by atoms with Crippen molar-refractivity contribution in [3.05, 3.63) is 65.7 Å².